The SMILES string of the molecule is CCOC(=O)[C@@H]1CCCN(C(=O)N[C@H]2CC(=O)N(c3ccc4c(c3)OCCO4)C2)C1. The van der Waals surface area contributed by atoms with Crippen molar-refractivity contribution in [3.63, 3.8) is 0 Å². The Morgan fingerprint density at radius 2 is 2.00 bits per heavy atom. The molecule has 0 bridgehead atoms. The molecule has 3 amide bonds. The van der Waals surface area contributed by atoms with E-state index in [-0.39, 0.29) is 36.3 Å². The normalized spacial score (nSPS) is 23.3. The molecule has 9 nitrogen and oxygen atoms in total. The van der Waals surface area contributed by atoms with Gasteiger partial charge in [0.15, 0.2) is 11.5 Å². The molecule has 3 aliphatic rings. The van der Waals surface area contributed by atoms with Crippen LogP contribution in [0.1, 0.15) is 26.2 Å². The molecule has 2 saturated heterocycles. The molecular weight excluding hydrogens is 390 g/mol. The van der Waals surface area contributed by atoms with Crippen molar-refractivity contribution in [3.8, 4) is 11.5 Å². The van der Waals surface area contributed by atoms with E-state index in [1.165, 1.54) is 0 Å². The van der Waals surface area contributed by atoms with Gasteiger partial charge in [0.2, 0.25) is 5.91 Å². The summed E-state index contributed by atoms with van der Waals surface area (Å²) in [5.41, 5.74) is 0.723. The zero-order valence-corrected chi connectivity index (χ0v) is 17.1. The maximum atomic E-state index is 12.7. The van der Waals surface area contributed by atoms with Crippen molar-refractivity contribution in [1.82, 2.24) is 10.2 Å². The average molecular weight is 417 g/mol. The molecule has 0 spiro atoms. The number of esters is 1. The summed E-state index contributed by atoms with van der Waals surface area (Å²) in [6.45, 7) is 4.42. The van der Waals surface area contributed by atoms with Gasteiger partial charge in [-0.05, 0) is 31.9 Å². The number of urea groups is 1. The van der Waals surface area contributed by atoms with Crippen molar-refractivity contribution in [2.75, 3.05) is 44.4 Å². The molecule has 1 N–H and O–H groups in total. The van der Waals surface area contributed by atoms with Gasteiger partial charge in [0, 0.05) is 37.8 Å². The molecule has 4 rings (SSSR count). The number of hydrogen-bond acceptors (Lipinski definition) is 6. The summed E-state index contributed by atoms with van der Waals surface area (Å²) in [5.74, 6) is 0.694. The van der Waals surface area contributed by atoms with E-state index in [4.69, 9.17) is 14.2 Å². The number of nitrogens with zero attached hydrogens (tertiary/aromatic N) is 2. The molecular formula is C21H27N3O6. The Hall–Kier alpha value is -2.97. The number of hydrogen-bond donors (Lipinski definition) is 1. The van der Waals surface area contributed by atoms with Crippen molar-refractivity contribution in [3.05, 3.63) is 18.2 Å². The second-order valence-electron chi connectivity index (χ2n) is 7.72. The number of nitrogens with one attached hydrogen (secondary N) is 1. The van der Waals surface area contributed by atoms with Crippen LogP contribution in [0.2, 0.25) is 0 Å². The van der Waals surface area contributed by atoms with Gasteiger partial charge < -0.3 is 29.3 Å². The molecule has 9 heteroatoms. The van der Waals surface area contributed by atoms with Crippen LogP contribution < -0.4 is 19.7 Å². The zero-order chi connectivity index (χ0) is 21.1. The second kappa shape index (κ2) is 8.81. The van der Waals surface area contributed by atoms with Gasteiger partial charge in [-0.2, -0.15) is 0 Å². The molecule has 1 aromatic carbocycles. The molecule has 2 fully saturated rings. The smallest absolute Gasteiger partial charge is 0.317 e. The highest BCUT2D eigenvalue weighted by atomic mass is 16.6. The fourth-order valence-electron chi connectivity index (χ4n) is 4.13. The number of likely N-dealkylation sites (tertiary alicyclic amines) is 1. The lowest BCUT2D eigenvalue weighted by atomic mass is 9.98. The largest absolute Gasteiger partial charge is 0.486 e. The standard InChI is InChI=1S/C21H27N3O6/c1-2-28-20(26)14-4-3-7-23(12-14)21(27)22-15-10-19(25)24(13-15)16-5-6-17-18(11-16)30-9-8-29-17/h5-6,11,14-15H,2-4,7-10,12-13H2,1H3,(H,22,27)/t14-,15+/m1/s1. The van der Waals surface area contributed by atoms with Crippen LogP contribution in [0.3, 0.4) is 0 Å². The molecule has 0 radical (unpaired) electrons. The van der Waals surface area contributed by atoms with E-state index in [2.05, 4.69) is 5.32 Å². The topological polar surface area (TPSA) is 97.4 Å². The second-order valence-corrected chi connectivity index (χ2v) is 7.72. The van der Waals surface area contributed by atoms with Crippen LogP contribution in [-0.2, 0) is 14.3 Å². The molecule has 3 aliphatic heterocycles. The first-order valence-corrected chi connectivity index (χ1v) is 10.5. The van der Waals surface area contributed by atoms with Crippen molar-refractivity contribution in [2.24, 2.45) is 5.92 Å². The minimum absolute atomic E-state index is 0.0555. The summed E-state index contributed by atoms with van der Waals surface area (Å²) >= 11 is 0. The lowest BCUT2D eigenvalue weighted by molar-refractivity contribution is -0.149. The summed E-state index contributed by atoms with van der Waals surface area (Å²) in [6, 6.07) is 4.88. The van der Waals surface area contributed by atoms with Crippen molar-refractivity contribution >= 4 is 23.6 Å². The maximum Gasteiger partial charge on any atom is 0.317 e. The van der Waals surface area contributed by atoms with E-state index in [1.807, 2.05) is 6.07 Å². The van der Waals surface area contributed by atoms with Crippen LogP contribution in [-0.4, -0.2) is 68.3 Å². The summed E-state index contributed by atoms with van der Waals surface area (Å²) in [6.07, 6.45) is 1.71. The van der Waals surface area contributed by atoms with E-state index in [0.717, 1.165) is 18.5 Å². The molecule has 2 atom stereocenters. The quantitative estimate of drug-likeness (QED) is 0.747. The number of fused-ring (bicyclic) bond motifs is 1. The molecule has 0 aromatic heterocycles. The van der Waals surface area contributed by atoms with Gasteiger partial charge in [0.05, 0.1) is 18.6 Å². The van der Waals surface area contributed by atoms with Gasteiger partial charge >= 0.3 is 12.0 Å². The Kier molecular flexibility index (Phi) is 5.96. The highest BCUT2D eigenvalue weighted by Crippen LogP contribution is 2.35. The predicted octanol–water partition coefficient (Wildman–Crippen LogP) is 1.55. The van der Waals surface area contributed by atoms with E-state index in [9.17, 15) is 14.4 Å². The Balaban J connectivity index is 1.35. The van der Waals surface area contributed by atoms with Crippen molar-refractivity contribution < 1.29 is 28.6 Å². The molecule has 0 saturated carbocycles. The third-order valence-electron chi connectivity index (χ3n) is 5.62. The van der Waals surface area contributed by atoms with Crippen LogP contribution in [0.15, 0.2) is 18.2 Å². The fourth-order valence-corrected chi connectivity index (χ4v) is 4.13. The third-order valence-corrected chi connectivity index (χ3v) is 5.62. The molecule has 162 valence electrons. The predicted molar refractivity (Wildman–Crippen MR) is 108 cm³/mol. The van der Waals surface area contributed by atoms with Gasteiger partial charge in [0.25, 0.3) is 0 Å². The Morgan fingerprint density at radius 3 is 2.80 bits per heavy atom. The molecule has 3 heterocycles. The number of amides is 3. The number of anilines is 1. The van der Waals surface area contributed by atoms with E-state index in [0.29, 0.717) is 51.0 Å². The van der Waals surface area contributed by atoms with Crippen LogP contribution in [0.4, 0.5) is 10.5 Å². The zero-order valence-electron chi connectivity index (χ0n) is 17.1. The first kappa shape index (κ1) is 20.3. The summed E-state index contributed by atoms with van der Waals surface area (Å²) in [4.78, 5) is 40.6. The highest BCUT2D eigenvalue weighted by Gasteiger charge is 2.35. The van der Waals surface area contributed by atoms with E-state index in [1.54, 1.807) is 28.9 Å². The first-order chi connectivity index (χ1) is 14.5. The minimum atomic E-state index is -0.291. The number of benzene rings is 1. The van der Waals surface area contributed by atoms with E-state index >= 15 is 0 Å². The molecule has 0 aliphatic carbocycles. The maximum absolute atomic E-state index is 12.7. The number of ether oxygens (including phenoxy) is 3. The lowest BCUT2D eigenvalue weighted by Crippen LogP contribution is -2.50. The Labute approximate surface area is 175 Å². The first-order valence-electron chi connectivity index (χ1n) is 10.5. The number of rotatable bonds is 4. The van der Waals surface area contributed by atoms with Gasteiger partial charge in [-0.1, -0.05) is 0 Å². The van der Waals surface area contributed by atoms with E-state index < -0.39 is 0 Å². The van der Waals surface area contributed by atoms with Crippen LogP contribution in [0.25, 0.3) is 0 Å². The number of carbonyl (C=O) groups excluding carboxylic acids is 3. The van der Waals surface area contributed by atoms with Gasteiger partial charge in [-0.25, -0.2) is 4.79 Å². The number of piperidine rings is 1. The van der Waals surface area contributed by atoms with Crippen LogP contribution >= 0.6 is 0 Å². The third kappa shape index (κ3) is 4.29. The molecule has 30 heavy (non-hydrogen) atoms. The average Bonchev–Trinajstić information content (AvgIpc) is 3.13. The minimum Gasteiger partial charge on any atom is -0.486 e. The summed E-state index contributed by atoms with van der Waals surface area (Å²) in [5, 5.41) is 2.95. The lowest BCUT2D eigenvalue weighted by Gasteiger charge is -2.32. The van der Waals surface area contributed by atoms with Crippen molar-refractivity contribution in [1.29, 1.82) is 0 Å². The summed E-state index contributed by atoms with van der Waals surface area (Å²) in [7, 11) is 0. The molecule has 0 unspecified atom stereocenters. The van der Waals surface area contributed by atoms with Crippen LogP contribution in [0.5, 0.6) is 11.5 Å². The summed E-state index contributed by atoms with van der Waals surface area (Å²) < 4.78 is 16.2. The van der Waals surface area contributed by atoms with Gasteiger partial charge in [-0.15, -0.1) is 0 Å². The monoisotopic (exact) mass is 417 g/mol. The Morgan fingerprint density at radius 1 is 1.20 bits per heavy atom. The van der Waals surface area contributed by atoms with Gasteiger partial charge in [-0.3, -0.25) is 9.59 Å². The van der Waals surface area contributed by atoms with Gasteiger partial charge in [0.1, 0.15) is 13.2 Å². The van der Waals surface area contributed by atoms with Crippen LogP contribution in [0, 0.1) is 5.92 Å². The molecule has 1 aromatic rings. The Bertz CT molecular complexity index is 829. The highest BCUT2D eigenvalue weighted by molar-refractivity contribution is 5.97. The number of carbonyl (C=O) groups is 3. The fraction of sp³-hybridized carbons (Fsp3) is 0.571. The van der Waals surface area contributed by atoms with Crippen molar-refractivity contribution in [2.45, 2.75) is 32.2 Å².